The SMILES string of the molecule is C.C=C/C(=C\C(=C)n1cccc1)CN. The lowest BCUT2D eigenvalue weighted by atomic mass is 10.2. The lowest BCUT2D eigenvalue weighted by Crippen LogP contribution is -2.01. The molecule has 76 valence electrons. The van der Waals surface area contributed by atoms with Crippen LogP contribution in [0.25, 0.3) is 5.70 Å². The molecule has 0 fully saturated rings. The summed E-state index contributed by atoms with van der Waals surface area (Å²) in [6, 6.07) is 3.91. The van der Waals surface area contributed by atoms with Crippen LogP contribution in [0.4, 0.5) is 0 Å². The Labute approximate surface area is 86.0 Å². The molecule has 0 amide bonds. The van der Waals surface area contributed by atoms with Crippen LogP contribution in [-0.4, -0.2) is 11.1 Å². The third kappa shape index (κ3) is 3.07. The first-order chi connectivity index (χ1) is 6.27. The van der Waals surface area contributed by atoms with Gasteiger partial charge in [-0.25, -0.2) is 0 Å². The zero-order chi connectivity index (χ0) is 9.68. The zero-order valence-electron chi connectivity index (χ0n) is 7.61. The van der Waals surface area contributed by atoms with Crippen molar-refractivity contribution < 1.29 is 0 Å². The van der Waals surface area contributed by atoms with Crippen molar-refractivity contribution in [2.24, 2.45) is 5.73 Å². The lowest BCUT2D eigenvalue weighted by molar-refractivity contribution is 1.12. The Bertz CT molecular complexity index is 318. The fourth-order valence-corrected chi connectivity index (χ4v) is 1.02. The second-order valence-electron chi connectivity index (χ2n) is 2.71. The van der Waals surface area contributed by atoms with Crippen LogP contribution >= 0.6 is 0 Å². The van der Waals surface area contributed by atoms with E-state index in [-0.39, 0.29) is 7.43 Å². The number of allylic oxidation sites excluding steroid dienone is 2. The van der Waals surface area contributed by atoms with Crippen molar-refractivity contribution in [1.29, 1.82) is 0 Å². The topological polar surface area (TPSA) is 30.9 Å². The molecule has 2 heteroatoms. The van der Waals surface area contributed by atoms with E-state index in [2.05, 4.69) is 13.2 Å². The summed E-state index contributed by atoms with van der Waals surface area (Å²) in [7, 11) is 0. The van der Waals surface area contributed by atoms with Crippen LogP contribution < -0.4 is 5.73 Å². The lowest BCUT2D eigenvalue weighted by Gasteiger charge is -2.03. The molecule has 0 unspecified atom stereocenters. The highest BCUT2D eigenvalue weighted by Gasteiger charge is 1.92. The van der Waals surface area contributed by atoms with Crippen molar-refractivity contribution in [2.45, 2.75) is 7.43 Å². The van der Waals surface area contributed by atoms with E-state index in [1.807, 2.05) is 35.2 Å². The minimum atomic E-state index is 0. The first-order valence-corrected chi connectivity index (χ1v) is 4.13. The van der Waals surface area contributed by atoms with E-state index >= 15 is 0 Å². The molecule has 0 saturated heterocycles. The molecule has 2 nitrogen and oxygen atoms in total. The van der Waals surface area contributed by atoms with E-state index in [9.17, 15) is 0 Å². The molecule has 2 N–H and O–H groups in total. The smallest absolute Gasteiger partial charge is 0.0380 e. The average Bonchev–Trinajstić information content (AvgIpc) is 2.66. The number of hydrogen-bond donors (Lipinski definition) is 1. The van der Waals surface area contributed by atoms with Gasteiger partial charge in [-0.2, -0.15) is 0 Å². The van der Waals surface area contributed by atoms with E-state index in [0.717, 1.165) is 11.3 Å². The van der Waals surface area contributed by atoms with Gasteiger partial charge in [0, 0.05) is 24.6 Å². The van der Waals surface area contributed by atoms with Gasteiger partial charge >= 0.3 is 0 Å². The molecular formula is C12H18N2. The van der Waals surface area contributed by atoms with Crippen molar-refractivity contribution in [2.75, 3.05) is 6.54 Å². The number of rotatable bonds is 4. The Balaban J connectivity index is 0.00000169. The minimum absolute atomic E-state index is 0. The maximum Gasteiger partial charge on any atom is 0.0380 e. The first kappa shape index (κ1) is 12.5. The van der Waals surface area contributed by atoms with Crippen LogP contribution in [0.5, 0.6) is 0 Å². The van der Waals surface area contributed by atoms with Gasteiger partial charge in [0.1, 0.15) is 0 Å². The Morgan fingerprint density at radius 3 is 2.36 bits per heavy atom. The molecule has 1 aromatic heterocycles. The summed E-state index contributed by atoms with van der Waals surface area (Å²) >= 11 is 0. The summed E-state index contributed by atoms with van der Waals surface area (Å²) in [6.45, 7) is 8.07. The first-order valence-electron chi connectivity index (χ1n) is 4.13. The van der Waals surface area contributed by atoms with Crippen molar-refractivity contribution in [1.82, 2.24) is 4.57 Å². The molecule has 0 aromatic carbocycles. The van der Waals surface area contributed by atoms with Gasteiger partial charge in [-0.05, 0) is 23.8 Å². The van der Waals surface area contributed by atoms with Crippen molar-refractivity contribution >= 4 is 5.70 Å². The molecule has 1 aromatic rings. The molecule has 0 aliphatic heterocycles. The molecule has 1 rings (SSSR count). The van der Waals surface area contributed by atoms with Gasteiger partial charge in [-0.3, -0.25) is 0 Å². The maximum absolute atomic E-state index is 5.50. The van der Waals surface area contributed by atoms with Crippen LogP contribution in [-0.2, 0) is 0 Å². The predicted molar refractivity (Wildman–Crippen MR) is 63.8 cm³/mol. The van der Waals surface area contributed by atoms with E-state index < -0.39 is 0 Å². The van der Waals surface area contributed by atoms with Gasteiger partial charge in [0.05, 0.1) is 0 Å². The van der Waals surface area contributed by atoms with E-state index in [0.29, 0.717) is 6.54 Å². The van der Waals surface area contributed by atoms with Gasteiger partial charge in [0.15, 0.2) is 0 Å². The summed E-state index contributed by atoms with van der Waals surface area (Å²) in [5, 5.41) is 0. The second kappa shape index (κ2) is 6.00. The summed E-state index contributed by atoms with van der Waals surface area (Å²) in [5.74, 6) is 0. The monoisotopic (exact) mass is 190 g/mol. The van der Waals surface area contributed by atoms with Crippen LogP contribution in [0.15, 0.2) is 55.4 Å². The highest BCUT2D eigenvalue weighted by Crippen LogP contribution is 2.07. The summed E-state index contributed by atoms with van der Waals surface area (Å²) < 4.78 is 1.93. The second-order valence-corrected chi connectivity index (χ2v) is 2.71. The molecule has 14 heavy (non-hydrogen) atoms. The summed E-state index contributed by atoms with van der Waals surface area (Å²) in [5.41, 5.74) is 7.37. The number of aromatic nitrogens is 1. The van der Waals surface area contributed by atoms with Crippen molar-refractivity contribution in [3.63, 3.8) is 0 Å². The highest BCUT2D eigenvalue weighted by molar-refractivity contribution is 5.57. The molecule has 0 aliphatic carbocycles. The van der Waals surface area contributed by atoms with Gasteiger partial charge in [0.2, 0.25) is 0 Å². The van der Waals surface area contributed by atoms with Gasteiger partial charge in [-0.15, -0.1) is 0 Å². The molecular weight excluding hydrogens is 172 g/mol. The number of hydrogen-bond acceptors (Lipinski definition) is 1. The molecule has 0 aliphatic rings. The molecule has 0 atom stereocenters. The van der Waals surface area contributed by atoms with Crippen LogP contribution in [0, 0.1) is 0 Å². The normalized spacial score (nSPS) is 10.5. The van der Waals surface area contributed by atoms with Crippen LogP contribution in [0.2, 0.25) is 0 Å². The fraction of sp³-hybridized carbons (Fsp3) is 0.167. The molecule has 0 saturated carbocycles. The summed E-state index contributed by atoms with van der Waals surface area (Å²) in [4.78, 5) is 0. The Hall–Kier alpha value is -1.54. The van der Waals surface area contributed by atoms with Gasteiger partial charge < -0.3 is 10.3 Å². The maximum atomic E-state index is 5.50. The van der Waals surface area contributed by atoms with Gasteiger partial charge in [0.25, 0.3) is 0 Å². The van der Waals surface area contributed by atoms with E-state index in [1.54, 1.807) is 6.08 Å². The Kier molecular flexibility index (Phi) is 5.34. The van der Waals surface area contributed by atoms with E-state index in [1.165, 1.54) is 0 Å². The third-order valence-electron chi connectivity index (χ3n) is 1.79. The Morgan fingerprint density at radius 1 is 1.36 bits per heavy atom. The minimum Gasteiger partial charge on any atom is -0.326 e. The number of nitrogens with two attached hydrogens (primary N) is 1. The van der Waals surface area contributed by atoms with Crippen molar-refractivity contribution in [3.05, 3.63) is 55.4 Å². The Morgan fingerprint density at radius 2 is 1.93 bits per heavy atom. The van der Waals surface area contributed by atoms with Gasteiger partial charge in [-0.1, -0.05) is 26.7 Å². The van der Waals surface area contributed by atoms with Crippen molar-refractivity contribution in [3.8, 4) is 0 Å². The fourth-order valence-electron chi connectivity index (χ4n) is 1.02. The standard InChI is InChI=1S/C11H14N2.CH4/c1-3-11(9-12)8-10(2)13-6-4-5-7-13;/h3-8H,1-2,9,12H2;1H4/b11-8+;. The quantitative estimate of drug-likeness (QED) is 0.727. The largest absolute Gasteiger partial charge is 0.326 e. The molecule has 0 radical (unpaired) electrons. The average molecular weight is 190 g/mol. The predicted octanol–water partition coefficient (Wildman–Crippen LogP) is 2.67. The van der Waals surface area contributed by atoms with Crippen LogP contribution in [0.3, 0.4) is 0 Å². The zero-order valence-corrected chi connectivity index (χ0v) is 7.61. The third-order valence-corrected chi connectivity index (χ3v) is 1.79. The number of nitrogens with zero attached hydrogens (tertiary/aromatic N) is 1. The highest BCUT2D eigenvalue weighted by atomic mass is 14.9. The molecule has 1 heterocycles. The van der Waals surface area contributed by atoms with Crippen LogP contribution in [0.1, 0.15) is 7.43 Å². The summed E-state index contributed by atoms with van der Waals surface area (Å²) in [6.07, 6.45) is 7.55. The molecule has 0 bridgehead atoms. The molecule has 0 spiro atoms. The van der Waals surface area contributed by atoms with E-state index in [4.69, 9.17) is 5.73 Å².